The van der Waals surface area contributed by atoms with Gasteiger partial charge in [-0.2, -0.15) is 0 Å². The summed E-state index contributed by atoms with van der Waals surface area (Å²) in [7, 11) is 0. The second-order valence-electron chi connectivity index (χ2n) is 6.36. The molecule has 1 unspecified atom stereocenters. The van der Waals surface area contributed by atoms with Crippen molar-refractivity contribution in [3.05, 3.63) is 27.7 Å². The minimum atomic E-state index is -0.372. The average Bonchev–Trinajstić information content (AvgIpc) is 2.43. The van der Waals surface area contributed by atoms with Crippen LogP contribution in [-0.4, -0.2) is 10.1 Å². The van der Waals surface area contributed by atoms with Gasteiger partial charge in [-0.3, -0.25) is 4.79 Å². The van der Waals surface area contributed by atoms with Crippen molar-refractivity contribution in [2.75, 3.05) is 0 Å². The van der Waals surface area contributed by atoms with E-state index in [-0.39, 0.29) is 11.3 Å². The molecule has 1 rings (SSSR count). The molecule has 0 spiro atoms. The maximum absolute atomic E-state index is 11.6. The Bertz CT molecular complexity index is 486. The van der Waals surface area contributed by atoms with Crippen LogP contribution in [0.2, 0.25) is 0 Å². The van der Waals surface area contributed by atoms with Crippen LogP contribution in [0.4, 0.5) is 0 Å². The first-order valence-corrected chi connectivity index (χ1v) is 7.77. The summed E-state index contributed by atoms with van der Waals surface area (Å²) in [5.74, 6) is 0.410. The van der Waals surface area contributed by atoms with Gasteiger partial charge >= 0.3 is 0 Å². The fraction of sp³-hybridized carbons (Fsp3) is 0.706. The van der Waals surface area contributed by atoms with Gasteiger partial charge < -0.3 is 10.1 Å². The predicted octanol–water partition coefficient (Wildman–Crippen LogP) is 4.17. The molecule has 3 heteroatoms. The number of H-pyrrole nitrogens is 1. The van der Waals surface area contributed by atoms with Crippen molar-refractivity contribution in [2.45, 2.75) is 66.7 Å². The van der Waals surface area contributed by atoms with E-state index in [0.717, 1.165) is 18.5 Å². The van der Waals surface area contributed by atoms with Crippen LogP contribution in [0, 0.1) is 18.3 Å². The van der Waals surface area contributed by atoms with Gasteiger partial charge in [-0.1, -0.05) is 47.0 Å². The number of nitrogens with one attached hydrogen (secondary N) is 1. The summed E-state index contributed by atoms with van der Waals surface area (Å²) < 4.78 is 0. The number of aromatic amines is 1. The third-order valence-electron chi connectivity index (χ3n) is 4.83. The molecular weight excluding hydrogens is 250 g/mol. The summed E-state index contributed by atoms with van der Waals surface area (Å²) in [6.45, 7) is 10.8. The van der Waals surface area contributed by atoms with Crippen molar-refractivity contribution in [1.82, 2.24) is 4.98 Å². The highest BCUT2D eigenvalue weighted by Crippen LogP contribution is 2.35. The van der Waals surface area contributed by atoms with E-state index in [0.29, 0.717) is 16.9 Å². The molecule has 0 saturated heterocycles. The van der Waals surface area contributed by atoms with Gasteiger partial charge in [0.1, 0.15) is 0 Å². The van der Waals surface area contributed by atoms with Gasteiger partial charge in [-0.15, -0.1) is 0 Å². The third-order valence-corrected chi connectivity index (χ3v) is 4.83. The van der Waals surface area contributed by atoms with E-state index < -0.39 is 0 Å². The van der Waals surface area contributed by atoms with Gasteiger partial charge in [0.15, 0.2) is 5.75 Å². The predicted molar refractivity (Wildman–Crippen MR) is 84.3 cm³/mol. The van der Waals surface area contributed by atoms with Gasteiger partial charge in [0.25, 0.3) is 5.56 Å². The van der Waals surface area contributed by atoms with Crippen molar-refractivity contribution in [3.8, 4) is 5.75 Å². The Hall–Kier alpha value is -1.25. The molecule has 2 N–H and O–H groups in total. The fourth-order valence-electron chi connectivity index (χ4n) is 2.77. The Kier molecular flexibility index (Phi) is 5.85. The lowest BCUT2D eigenvalue weighted by Crippen LogP contribution is -2.21. The van der Waals surface area contributed by atoms with Crippen LogP contribution in [0.1, 0.15) is 64.6 Å². The first-order chi connectivity index (χ1) is 9.35. The zero-order valence-electron chi connectivity index (χ0n) is 13.5. The van der Waals surface area contributed by atoms with E-state index >= 15 is 0 Å². The van der Waals surface area contributed by atoms with E-state index in [9.17, 15) is 9.90 Å². The van der Waals surface area contributed by atoms with Gasteiger partial charge in [-0.25, -0.2) is 0 Å². The van der Waals surface area contributed by atoms with Crippen molar-refractivity contribution in [3.63, 3.8) is 0 Å². The largest absolute Gasteiger partial charge is 0.503 e. The highest BCUT2D eigenvalue weighted by atomic mass is 16.3. The summed E-state index contributed by atoms with van der Waals surface area (Å²) in [5.41, 5.74) is 1.61. The maximum atomic E-state index is 11.6. The maximum Gasteiger partial charge on any atom is 0.290 e. The molecule has 1 aromatic heterocycles. The Balaban J connectivity index is 2.86. The zero-order chi connectivity index (χ0) is 15.3. The van der Waals surface area contributed by atoms with Gasteiger partial charge in [0.2, 0.25) is 0 Å². The second-order valence-corrected chi connectivity index (χ2v) is 6.36. The van der Waals surface area contributed by atoms with Gasteiger partial charge in [0.05, 0.1) is 0 Å². The van der Waals surface area contributed by atoms with Crippen LogP contribution in [0.3, 0.4) is 0 Å². The molecule has 20 heavy (non-hydrogen) atoms. The Morgan fingerprint density at radius 3 is 2.35 bits per heavy atom. The zero-order valence-corrected chi connectivity index (χ0v) is 13.5. The van der Waals surface area contributed by atoms with Crippen LogP contribution >= 0.6 is 0 Å². The molecule has 3 nitrogen and oxygen atoms in total. The van der Waals surface area contributed by atoms with Crippen LogP contribution < -0.4 is 5.56 Å². The van der Waals surface area contributed by atoms with Crippen LogP contribution in [0.25, 0.3) is 0 Å². The molecule has 114 valence electrons. The molecule has 0 aliphatic rings. The Morgan fingerprint density at radius 2 is 1.90 bits per heavy atom. The van der Waals surface area contributed by atoms with Crippen LogP contribution in [0.15, 0.2) is 10.9 Å². The van der Waals surface area contributed by atoms with E-state index in [2.05, 4.69) is 32.7 Å². The van der Waals surface area contributed by atoms with Crippen molar-refractivity contribution in [2.24, 2.45) is 11.3 Å². The average molecular weight is 279 g/mol. The minimum absolute atomic E-state index is 0.159. The summed E-state index contributed by atoms with van der Waals surface area (Å²) in [6, 6.07) is 1.90. The van der Waals surface area contributed by atoms with E-state index in [4.69, 9.17) is 0 Å². The van der Waals surface area contributed by atoms with Crippen molar-refractivity contribution >= 4 is 0 Å². The third kappa shape index (κ3) is 4.12. The molecule has 0 saturated carbocycles. The van der Waals surface area contributed by atoms with Crippen molar-refractivity contribution in [1.29, 1.82) is 0 Å². The first kappa shape index (κ1) is 16.8. The molecule has 0 aromatic carbocycles. The number of aromatic nitrogens is 1. The lowest BCUT2D eigenvalue weighted by Gasteiger charge is -2.31. The topological polar surface area (TPSA) is 53.1 Å². The summed E-state index contributed by atoms with van der Waals surface area (Å²) in [6.07, 6.45) is 5.54. The monoisotopic (exact) mass is 279 g/mol. The number of hydrogen-bond donors (Lipinski definition) is 2. The van der Waals surface area contributed by atoms with E-state index in [1.54, 1.807) is 6.92 Å². The van der Waals surface area contributed by atoms with Crippen LogP contribution in [-0.2, 0) is 6.42 Å². The molecule has 1 heterocycles. The molecule has 0 radical (unpaired) electrons. The number of aromatic hydroxyl groups is 1. The fourth-order valence-corrected chi connectivity index (χ4v) is 2.77. The molecule has 0 aliphatic carbocycles. The van der Waals surface area contributed by atoms with Crippen LogP contribution in [0.5, 0.6) is 5.75 Å². The first-order valence-electron chi connectivity index (χ1n) is 7.77. The lowest BCUT2D eigenvalue weighted by atomic mass is 9.75. The highest BCUT2D eigenvalue weighted by molar-refractivity contribution is 5.29. The molecule has 0 amide bonds. The summed E-state index contributed by atoms with van der Waals surface area (Å²) in [5, 5.41) is 9.54. The van der Waals surface area contributed by atoms with E-state index in [1.807, 2.05) is 6.07 Å². The van der Waals surface area contributed by atoms with Crippen molar-refractivity contribution < 1.29 is 5.11 Å². The smallest absolute Gasteiger partial charge is 0.290 e. The molecule has 1 aromatic rings. The number of aryl methyl sites for hydroxylation is 1. The Morgan fingerprint density at radius 1 is 1.30 bits per heavy atom. The minimum Gasteiger partial charge on any atom is -0.503 e. The van der Waals surface area contributed by atoms with Gasteiger partial charge in [-0.05, 0) is 42.7 Å². The molecule has 0 fully saturated rings. The summed E-state index contributed by atoms with van der Waals surface area (Å²) in [4.78, 5) is 14.4. The molecule has 0 bridgehead atoms. The molecule has 0 aliphatic heterocycles. The number of pyridine rings is 1. The standard InChI is InChI=1S/C17H29NO2/c1-6-13(11-17(5,7-2)8-3)10-14-9-12(4)15(19)16(20)18-14/h9,13,19H,6-8,10-11H2,1-5H3,(H,18,20). The van der Waals surface area contributed by atoms with E-state index in [1.165, 1.54) is 19.3 Å². The Labute approximate surface area is 122 Å². The molecular formula is C17H29NO2. The second kappa shape index (κ2) is 6.96. The lowest BCUT2D eigenvalue weighted by molar-refractivity contribution is 0.215. The highest BCUT2D eigenvalue weighted by Gasteiger charge is 2.24. The normalized spacial score (nSPS) is 13.4. The SMILES string of the molecule is CCC(Cc1cc(C)c(O)c(=O)[nH]1)CC(C)(CC)CC. The quantitative estimate of drug-likeness (QED) is 0.787. The number of hydrogen-bond acceptors (Lipinski definition) is 2. The molecule has 1 atom stereocenters. The van der Waals surface area contributed by atoms with Gasteiger partial charge in [0, 0.05) is 5.69 Å². The number of rotatable bonds is 7. The summed E-state index contributed by atoms with van der Waals surface area (Å²) >= 11 is 0.